The van der Waals surface area contributed by atoms with E-state index in [4.69, 9.17) is 9.73 Å². The SMILES string of the molecule is Cc1nnc(CN=C(NCCCN2CCOCC2)NCCN(C(C)C)C(C)C)n1C. The van der Waals surface area contributed by atoms with Gasteiger partial charge in [-0.3, -0.25) is 9.80 Å². The highest BCUT2D eigenvalue weighted by atomic mass is 16.5. The van der Waals surface area contributed by atoms with Gasteiger partial charge in [0.05, 0.1) is 13.2 Å². The monoisotopic (exact) mass is 422 g/mol. The third-order valence-corrected chi connectivity index (χ3v) is 5.60. The van der Waals surface area contributed by atoms with Gasteiger partial charge < -0.3 is 19.9 Å². The van der Waals surface area contributed by atoms with E-state index in [1.54, 1.807) is 0 Å². The summed E-state index contributed by atoms with van der Waals surface area (Å²) in [6, 6.07) is 1.05. The van der Waals surface area contributed by atoms with Crippen molar-refractivity contribution in [2.24, 2.45) is 12.0 Å². The van der Waals surface area contributed by atoms with Crippen LogP contribution in [0.2, 0.25) is 0 Å². The molecule has 0 aromatic carbocycles. The lowest BCUT2D eigenvalue weighted by Gasteiger charge is -2.30. The molecule has 1 fully saturated rings. The fourth-order valence-electron chi connectivity index (χ4n) is 3.66. The van der Waals surface area contributed by atoms with Crippen LogP contribution in [0.3, 0.4) is 0 Å². The highest BCUT2D eigenvalue weighted by Gasteiger charge is 2.13. The van der Waals surface area contributed by atoms with Crippen LogP contribution in [0.15, 0.2) is 4.99 Å². The summed E-state index contributed by atoms with van der Waals surface area (Å²) < 4.78 is 7.41. The maximum absolute atomic E-state index is 5.42. The van der Waals surface area contributed by atoms with Crippen molar-refractivity contribution in [2.45, 2.75) is 59.7 Å². The number of hydrogen-bond donors (Lipinski definition) is 2. The van der Waals surface area contributed by atoms with E-state index < -0.39 is 0 Å². The molecule has 0 unspecified atom stereocenters. The number of nitrogens with one attached hydrogen (secondary N) is 2. The Morgan fingerprint density at radius 3 is 2.37 bits per heavy atom. The summed E-state index contributed by atoms with van der Waals surface area (Å²) in [5, 5.41) is 15.3. The minimum Gasteiger partial charge on any atom is -0.379 e. The van der Waals surface area contributed by atoms with Gasteiger partial charge in [0.1, 0.15) is 12.4 Å². The Hall–Kier alpha value is -1.71. The molecule has 1 aliphatic rings. The molecule has 0 atom stereocenters. The molecule has 1 aromatic heterocycles. The van der Waals surface area contributed by atoms with Gasteiger partial charge in [0.15, 0.2) is 11.8 Å². The maximum atomic E-state index is 5.42. The molecule has 1 saturated heterocycles. The summed E-state index contributed by atoms with van der Waals surface area (Å²) in [5.41, 5.74) is 0. The van der Waals surface area contributed by atoms with Crippen LogP contribution in [-0.4, -0.2) is 95.1 Å². The van der Waals surface area contributed by atoms with Crippen molar-refractivity contribution < 1.29 is 4.74 Å². The number of aromatic nitrogens is 3. The molecule has 2 rings (SSSR count). The van der Waals surface area contributed by atoms with Crippen molar-refractivity contribution in [3.05, 3.63) is 11.6 Å². The van der Waals surface area contributed by atoms with Gasteiger partial charge in [-0.05, 0) is 47.6 Å². The summed E-state index contributed by atoms with van der Waals surface area (Å²) in [7, 11) is 1.98. The molecular formula is C21H42N8O. The first kappa shape index (κ1) is 24.6. The molecule has 0 amide bonds. The second-order valence-electron chi connectivity index (χ2n) is 8.47. The van der Waals surface area contributed by atoms with Crippen LogP contribution in [0.25, 0.3) is 0 Å². The van der Waals surface area contributed by atoms with Crippen molar-refractivity contribution >= 4 is 5.96 Å². The molecule has 1 aliphatic heterocycles. The van der Waals surface area contributed by atoms with E-state index in [0.29, 0.717) is 18.6 Å². The Bertz CT molecular complexity index is 629. The van der Waals surface area contributed by atoms with Gasteiger partial charge in [0.2, 0.25) is 0 Å². The van der Waals surface area contributed by atoms with Crippen molar-refractivity contribution in [3.8, 4) is 0 Å². The van der Waals surface area contributed by atoms with E-state index in [9.17, 15) is 0 Å². The normalized spacial score (nSPS) is 16.1. The van der Waals surface area contributed by atoms with Crippen LogP contribution in [0.1, 0.15) is 45.8 Å². The number of guanidine groups is 1. The third-order valence-electron chi connectivity index (χ3n) is 5.60. The van der Waals surface area contributed by atoms with Gasteiger partial charge in [0, 0.05) is 51.9 Å². The van der Waals surface area contributed by atoms with E-state index in [1.165, 1.54) is 0 Å². The van der Waals surface area contributed by atoms with Crippen LogP contribution in [0, 0.1) is 6.92 Å². The van der Waals surface area contributed by atoms with Crippen molar-refractivity contribution in [1.29, 1.82) is 0 Å². The summed E-state index contributed by atoms with van der Waals surface area (Å²) in [5.74, 6) is 2.61. The molecule has 9 heteroatoms. The van der Waals surface area contributed by atoms with E-state index in [1.807, 2.05) is 18.5 Å². The quantitative estimate of drug-likeness (QED) is 0.313. The van der Waals surface area contributed by atoms with Crippen molar-refractivity contribution in [3.63, 3.8) is 0 Å². The largest absolute Gasteiger partial charge is 0.379 e. The van der Waals surface area contributed by atoms with Gasteiger partial charge >= 0.3 is 0 Å². The zero-order chi connectivity index (χ0) is 21.9. The van der Waals surface area contributed by atoms with Crippen molar-refractivity contribution in [1.82, 2.24) is 35.2 Å². The molecule has 9 nitrogen and oxygen atoms in total. The van der Waals surface area contributed by atoms with Gasteiger partial charge in [0.25, 0.3) is 0 Å². The molecule has 1 aromatic rings. The predicted octanol–water partition coefficient (Wildman–Crippen LogP) is 1.000. The summed E-state index contributed by atoms with van der Waals surface area (Å²) in [6.45, 7) is 19.0. The lowest BCUT2D eigenvalue weighted by Crippen LogP contribution is -2.46. The number of nitrogens with zero attached hydrogens (tertiary/aromatic N) is 6. The summed E-state index contributed by atoms with van der Waals surface area (Å²) in [4.78, 5) is 9.70. The Morgan fingerprint density at radius 1 is 1.10 bits per heavy atom. The number of morpholine rings is 1. The molecule has 172 valence electrons. The summed E-state index contributed by atoms with van der Waals surface area (Å²) in [6.07, 6.45) is 1.08. The Kier molecular flexibility index (Phi) is 10.5. The van der Waals surface area contributed by atoms with E-state index in [0.717, 1.165) is 76.5 Å². The standard InChI is InChI=1S/C21H42N8O/c1-17(2)29(18(3)4)11-9-23-21(24-16-20-26-25-19(5)27(20)6)22-8-7-10-28-12-14-30-15-13-28/h17-18H,7-16H2,1-6H3,(H2,22,23,24). The molecule has 30 heavy (non-hydrogen) atoms. The van der Waals surface area contributed by atoms with Crippen LogP contribution in [-0.2, 0) is 18.3 Å². The van der Waals surface area contributed by atoms with Gasteiger partial charge in [-0.1, -0.05) is 0 Å². The lowest BCUT2D eigenvalue weighted by molar-refractivity contribution is 0.0376. The molecule has 0 spiro atoms. The zero-order valence-corrected chi connectivity index (χ0v) is 19.8. The number of aliphatic imine (C=N–C) groups is 1. The zero-order valence-electron chi connectivity index (χ0n) is 19.8. The lowest BCUT2D eigenvalue weighted by atomic mass is 10.2. The fourth-order valence-corrected chi connectivity index (χ4v) is 3.66. The van der Waals surface area contributed by atoms with Gasteiger partial charge in [-0.2, -0.15) is 0 Å². The number of hydrogen-bond acceptors (Lipinski definition) is 6. The third kappa shape index (κ3) is 8.20. The summed E-state index contributed by atoms with van der Waals surface area (Å²) >= 11 is 0. The molecule has 2 heterocycles. The minimum atomic E-state index is 0.508. The molecular weight excluding hydrogens is 380 g/mol. The van der Waals surface area contributed by atoms with Crippen LogP contribution >= 0.6 is 0 Å². The number of aryl methyl sites for hydroxylation is 1. The van der Waals surface area contributed by atoms with E-state index in [-0.39, 0.29) is 0 Å². The van der Waals surface area contributed by atoms with E-state index >= 15 is 0 Å². The Morgan fingerprint density at radius 2 is 1.77 bits per heavy atom. The van der Waals surface area contributed by atoms with Gasteiger partial charge in [-0.25, -0.2) is 4.99 Å². The average Bonchev–Trinajstić information content (AvgIpc) is 3.04. The van der Waals surface area contributed by atoms with Crippen molar-refractivity contribution in [2.75, 3.05) is 52.5 Å². The number of ether oxygens (including phenoxy) is 1. The molecule has 0 radical (unpaired) electrons. The second-order valence-corrected chi connectivity index (χ2v) is 8.47. The van der Waals surface area contributed by atoms with Crippen LogP contribution < -0.4 is 10.6 Å². The first-order chi connectivity index (χ1) is 14.4. The molecule has 0 bridgehead atoms. The average molecular weight is 423 g/mol. The topological polar surface area (TPSA) is 82.8 Å². The van der Waals surface area contributed by atoms with Crippen LogP contribution in [0.5, 0.6) is 0 Å². The Balaban J connectivity index is 1.86. The minimum absolute atomic E-state index is 0.508. The maximum Gasteiger partial charge on any atom is 0.191 e. The first-order valence-electron chi connectivity index (χ1n) is 11.3. The highest BCUT2D eigenvalue weighted by Crippen LogP contribution is 2.03. The number of rotatable bonds is 11. The molecule has 0 saturated carbocycles. The predicted molar refractivity (Wildman–Crippen MR) is 122 cm³/mol. The smallest absolute Gasteiger partial charge is 0.191 e. The van der Waals surface area contributed by atoms with Gasteiger partial charge in [-0.15, -0.1) is 10.2 Å². The highest BCUT2D eigenvalue weighted by molar-refractivity contribution is 5.79. The molecule has 2 N–H and O–H groups in total. The van der Waals surface area contributed by atoms with E-state index in [2.05, 4.69) is 58.3 Å². The fraction of sp³-hybridized carbons (Fsp3) is 0.857. The second kappa shape index (κ2) is 12.9. The Labute approximate surface area is 182 Å². The first-order valence-corrected chi connectivity index (χ1v) is 11.3. The molecule has 0 aliphatic carbocycles. The van der Waals surface area contributed by atoms with Crippen LogP contribution in [0.4, 0.5) is 0 Å².